The maximum atomic E-state index is 12.3. The molecule has 1 aliphatic rings. The maximum Gasteiger partial charge on any atom is 0.270 e. The van der Waals surface area contributed by atoms with Crippen LogP contribution in [0.1, 0.15) is 20.8 Å². The Balaban J connectivity index is 1.74. The van der Waals surface area contributed by atoms with E-state index < -0.39 is 4.92 Å². The summed E-state index contributed by atoms with van der Waals surface area (Å²) in [6.45, 7) is 8.60. The lowest BCUT2D eigenvalue weighted by molar-refractivity contribution is -0.384. The van der Waals surface area contributed by atoms with Gasteiger partial charge in [-0.2, -0.15) is 0 Å². The minimum absolute atomic E-state index is 0.0818. The van der Waals surface area contributed by atoms with Gasteiger partial charge in [0, 0.05) is 43.7 Å². The molecule has 0 aliphatic carbocycles. The molecule has 24 heavy (non-hydrogen) atoms. The molecule has 0 bridgehead atoms. The van der Waals surface area contributed by atoms with E-state index in [1.165, 1.54) is 17.4 Å². The number of nitro benzene ring substituents is 1. The van der Waals surface area contributed by atoms with Crippen molar-refractivity contribution in [2.24, 2.45) is 5.41 Å². The fourth-order valence-electron chi connectivity index (χ4n) is 2.73. The predicted molar refractivity (Wildman–Crippen MR) is 94.5 cm³/mol. The fraction of sp³-hybridized carbons (Fsp3) is 0.500. The summed E-state index contributed by atoms with van der Waals surface area (Å²) in [5, 5.41) is 11.7. The second kappa shape index (κ2) is 6.01. The molecule has 1 aliphatic heterocycles. The van der Waals surface area contributed by atoms with E-state index in [1.54, 1.807) is 12.1 Å². The van der Waals surface area contributed by atoms with Crippen LogP contribution in [0.3, 0.4) is 0 Å². The summed E-state index contributed by atoms with van der Waals surface area (Å²) < 4.78 is 0.812. The molecule has 7 nitrogen and oxygen atoms in total. The quantitative estimate of drug-likeness (QED) is 0.616. The lowest BCUT2D eigenvalue weighted by atomic mass is 9.94. The van der Waals surface area contributed by atoms with Gasteiger partial charge in [-0.1, -0.05) is 32.1 Å². The Morgan fingerprint density at radius 1 is 1.25 bits per heavy atom. The van der Waals surface area contributed by atoms with E-state index in [0.29, 0.717) is 13.1 Å². The zero-order valence-electron chi connectivity index (χ0n) is 14.0. The van der Waals surface area contributed by atoms with E-state index in [-0.39, 0.29) is 17.0 Å². The van der Waals surface area contributed by atoms with Crippen molar-refractivity contribution in [3.63, 3.8) is 0 Å². The number of non-ortho nitro benzene ring substituents is 1. The number of thiazole rings is 1. The standard InChI is InChI=1S/C16H20N4O3S/c1-16(2,3)14(21)18-6-8-19(9-7-18)15-17-12-5-4-11(20(22)23)10-13(12)24-15/h4-5,10H,6-9H2,1-3H3. The van der Waals surface area contributed by atoms with E-state index in [9.17, 15) is 14.9 Å². The van der Waals surface area contributed by atoms with Crippen molar-refractivity contribution >= 4 is 38.3 Å². The molecule has 0 N–H and O–H groups in total. The van der Waals surface area contributed by atoms with Crippen LogP contribution in [0.25, 0.3) is 10.2 Å². The minimum atomic E-state index is -0.393. The van der Waals surface area contributed by atoms with Crippen molar-refractivity contribution in [1.82, 2.24) is 9.88 Å². The number of amides is 1. The molecule has 1 aromatic heterocycles. The van der Waals surface area contributed by atoms with Crippen molar-refractivity contribution in [3.05, 3.63) is 28.3 Å². The molecule has 1 saturated heterocycles. The molecule has 2 aromatic rings. The summed E-state index contributed by atoms with van der Waals surface area (Å²) in [7, 11) is 0. The topological polar surface area (TPSA) is 79.6 Å². The monoisotopic (exact) mass is 348 g/mol. The highest BCUT2D eigenvalue weighted by molar-refractivity contribution is 7.22. The van der Waals surface area contributed by atoms with Gasteiger partial charge in [0.1, 0.15) is 0 Å². The lowest BCUT2D eigenvalue weighted by Gasteiger charge is -2.37. The number of anilines is 1. The van der Waals surface area contributed by atoms with Crippen LogP contribution >= 0.6 is 11.3 Å². The lowest BCUT2D eigenvalue weighted by Crippen LogP contribution is -2.51. The third kappa shape index (κ3) is 3.19. The molecule has 1 fully saturated rings. The third-order valence-electron chi connectivity index (χ3n) is 4.05. The second-order valence-electron chi connectivity index (χ2n) is 6.93. The highest BCUT2D eigenvalue weighted by atomic mass is 32.1. The van der Waals surface area contributed by atoms with Crippen molar-refractivity contribution in [2.75, 3.05) is 31.1 Å². The van der Waals surface area contributed by atoms with Gasteiger partial charge in [0.15, 0.2) is 5.13 Å². The molecule has 0 saturated carbocycles. The largest absolute Gasteiger partial charge is 0.345 e. The number of hydrogen-bond donors (Lipinski definition) is 0. The maximum absolute atomic E-state index is 12.3. The number of carbonyl (C=O) groups excluding carboxylic acids is 1. The molecule has 1 aromatic carbocycles. The predicted octanol–water partition coefficient (Wildman–Crippen LogP) is 2.90. The summed E-state index contributed by atoms with van der Waals surface area (Å²) in [6.07, 6.45) is 0. The van der Waals surface area contributed by atoms with Crippen molar-refractivity contribution < 1.29 is 9.72 Å². The van der Waals surface area contributed by atoms with E-state index in [4.69, 9.17) is 0 Å². The van der Waals surface area contributed by atoms with Crippen LogP contribution in [0.5, 0.6) is 0 Å². The van der Waals surface area contributed by atoms with Gasteiger partial charge in [-0.05, 0) is 6.07 Å². The Hall–Kier alpha value is -2.22. The van der Waals surface area contributed by atoms with Gasteiger partial charge in [-0.3, -0.25) is 14.9 Å². The fourth-order valence-corrected chi connectivity index (χ4v) is 3.78. The van der Waals surface area contributed by atoms with Crippen LogP contribution in [0, 0.1) is 15.5 Å². The van der Waals surface area contributed by atoms with Crippen LogP contribution in [0.15, 0.2) is 18.2 Å². The van der Waals surface area contributed by atoms with E-state index in [0.717, 1.165) is 28.4 Å². The van der Waals surface area contributed by atoms with Crippen LogP contribution in [0.2, 0.25) is 0 Å². The van der Waals surface area contributed by atoms with Gasteiger partial charge >= 0.3 is 0 Å². The normalized spacial score (nSPS) is 15.8. The van der Waals surface area contributed by atoms with Gasteiger partial charge in [0.2, 0.25) is 5.91 Å². The zero-order chi connectivity index (χ0) is 17.5. The second-order valence-corrected chi connectivity index (χ2v) is 7.94. The zero-order valence-corrected chi connectivity index (χ0v) is 14.8. The Morgan fingerprint density at radius 2 is 1.92 bits per heavy atom. The number of aromatic nitrogens is 1. The first-order valence-electron chi connectivity index (χ1n) is 7.85. The molecular formula is C16H20N4O3S. The third-order valence-corrected chi connectivity index (χ3v) is 5.13. The van der Waals surface area contributed by atoms with Crippen molar-refractivity contribution in [2.45, 2.75) is 20.8 Å². The summed E-state index contributed by atoms with van der Waals surface area (Å²) in [5.74, 6) is 0.169. The molecule has 0 radical (unpaired) electrons. The Labute approximate surface area is 144 Å². The van der Waals surface area contributed by atoms with Crippen molar-refractivity contribution in [1.29, 1.82) is 0 Å². The van der Waals surface area contributed by atoms with E-state index in [2.05, 4.69) is 9.88 Å². The molecular weight excluding hydrogens is 328 g/mol. The number of fused-ring (bicyclic) bond motifs is 1. The molecule has 128 valence electrons. The first-order chi connectivity index (χ1) is 11.3. The number of piperazine rings is 1. The highest BCUT2D eigenvalue weighted by Crippen LogP contribution is 2.32. The summed E-state index contributed by atoms with van der Waals surface area (Å²) >= 11 is 1.46. The SMILES string of the molecule is CC(C)(C)C(=O)N1CCN(c2nc3ccc([N+](=O)[O-])cc3s2)CC1. The first kappa shape index (κ1) is 16.6. The highest BCUT2D eigenvalue weighted by Gasteiger charge is 2.30. The van der Waals surface area contributed by atoms with E-state index in [1.807, 2.05) is 25.7 Å². The van der Waals surface area contributed by atoms with Crippen LogP contribution in [0.4, 0.5) is 10.8 Å². The number of nitro groups is 1. The molecule has 0 spiro atoms. The van der Waals surface area contributed by atoms with Crippen LogP contribution in [-0.4, -0.2) is 46.9 Å². The molecule has 0 unspecified atom stereocenters. The average molecular weight is 348 g/mol. The Morgan fingerprint density at radius 3 is 2.50 bits per heavy atom. The van der Waals surface area contributed by atoms with Gasteiger partial charge in [0.25, 0.3) is 5.69 Å². The Kier molecular flexibility index (Phi) is 4.16. The average Bonchev–Trinajstić information content (AvgIpc) is 2.96. The van der Waals surface area contributed by atoms with Gasteiger partial charge in [0.05, 0.1) is 15.1 Å². The number of nitrogens with zero attached hydrogens (tertiary/aromatic N) is 4. The molecule has 3 rings (SSSR count). The van der Waals surface area contributed by atoms with Gasteiger partial charge < -0.3 is 9.80 Å². The van der Waals surface area contributed by atoms with Crippen molar-refractivity contribution in [3.8, 4) is 0 Å². The summed E-state index contributed by atoms with van der Waals surface area (Å²) in [5.41, 5.74) is 0.490. The number of rotatable bonds is 2. The van der Waals surface area contributed by atoms with E-state index >= 15 is 0 Å². The molecule has 8 heteroatoms. The van der Waals surface area contributed by atoms with Gasteiger partial charge in [-0.25, -0.2) is 4.98 Å². The minimum Gasteiger partial charge on any atom is -0.345 e. The molecule has 0 atom stereocenters. The Bertz CT molecular complexity index is 788. The first-order valence-corrected chi connectivity index (χ1v) is 8.66. The van der Waals surface area contributed by atoms with Crippen LogP contribution in [-0.2, 0) is 4.79 Å². The molecule has 2 heterocycles. The number of hydrogen-bond acceptors (Lipinski definition) is 6. The smallest absolute Gasteiger partial charge is 0.270 e. The van der Waals surface area contributed by atoms with Gasteiger partial charge in [-0.15, -0.1) is 0 Å². The summed E-state index contributed by atoms with van der Waals surface area (Å²) in [6, 6.07) is 4.73. The van der Waals surface area contributed by atoms with Crippen LogP contribution < -0.4 is 4.90 Å². The number of carbonyl (C=O) groups is 1. The number of benzene rings is 1. The summed E-state index contributed by atoms with van der Waals surface area (Å²) in [4.78, 5) is 31.4. The molecule has 1 amide bonds.